The summed E-state index contributed by atoms with van der Waals surface area (Å²) in [5.41, 5.74) is 2.52. The van der Waals surface area contributed by atoms with E-state index in [2.05, 4.69) is 46.2 Å². The number of ether oxygens (including phenoxy) is 2. The zero-order valence-electron chi connectivity index (χ0n) is 13.9. The highest BCUT2D eigenvalue weighted by molar-refractivity contribution is 5.46. The van der Waals surface area contributed by atoms with Gasteiger partial charge in [0.2, 0.25) is 0 Å². The minimum atomic E-state index is 0.833. The summed E-state index contributed by atoms with van der Waals surface area (Å²) in [4.78, 5) is 4.92. The first kappa shape index (κ1) is 15.7. The molecule has 23 heavy (non-hydrogen) atoms. The number of anilines is 1. The SMILES string of the molecule is COc1ccc(CN2CCN(c3ccccc3)CC2)c(OC)c1. The second-order valence-electron chi connectivity index (χ2n) is 5.78. The molecule has 0 radical (unpaired) electrons. The van der Waals surface area contributed by atoms with Crippen molar-refractivity contribution in [3.05, 3.63) is 54.1 Å². The van der Waals surface area contributed by atoms with Crippen molar-refractivity contribution in [1.29, 1.82) is 0 Å². The Labute approximate surface area is 138 Å². The van der Waals surface area contributed by atoms with E-state index in [1.54, 1.807) is 14.2 Å². The monoisotopic (exact) mass is 312 g/mol. The van der Waals surface area contributed by atoms with Crippen LogP contribution < -0.4 is 14.4 Å². The van der Waals surface area contributed by atoms with E-state index in [1.807, 2.05) is 12.1 Å². The van der Waals surface area contributed by atoms with Crippen molar-refractivity contribution in [1.82, 2.24) is 4.90 Å². The first-order valence-electron chi connectivity index (χ1n) is 8.03. The Hall–Kier alpha value is -2.20. The van der Waals surface area contributed by atoms with Crippen LogP contribution in [0.15, 0.2) is 48.5 Å². The molecule has 2 aromatic rings. The minimum absolute atomic E-state index is 0.833. The molecule has 0 unspecified atom stereocenters. The van der Waals surface area contributed by atoms with Gasteiger partial charge in [-0.3, -0.25) is 4.90 Å². The maximum Gasteiger partial charge on any atom is 0.127 e. The van der Waals surface area contributed by atoms with Gasteiger partial charge >= 0.3 is 0 Å². The lowest BCUT2D eigenvalue weighted by molar-refractivity contribution is 0.246. The molecule has 122 valence electrons. The van der Waals surface area contributed by atoms with Crippen LogP contribution in [0.1, 0.15) is 5.56 Å². The number of hydrogen-bond acceptors (Lipinski definition) is 4. The Morgan fingerprint density at radius 2 is 1.61 bits per heavy atom. The van der Waals surface area contributed by atoms with Crippen molar-refractivity contribution in [2.45, 2.75) is 6.54 Å². The molecule has 0 aromatic heterocycles. The maximum absolute atomic E-state index is 5.50. The third-order valence-electron chi connectivity index (χ3n) is 4.38. The zero-order chi connectivity index (χ0) is 16.1. The van der Waals surface area contributed by atoms with Gasteiger partial charge in [0, 0.05) is 50.0 Å². The number of piperazine rings is 1. The Morgan fingerprint density at radius 1 is 0.870 bits per heavy atom. The Kier molecular flexibility index (Phi) is 5.03. The molecule has 1 saturated heterocycles. The standard InChI is InChI=1S/C19H24N2O2/c1-22-18-9-8-16(19(14-18)23-2)15-20-10-12-21(13-11-20)17-6-4-3-5-7-17/h3-9,14H,10-13,15H2,1-2H3. The molecule has 1 fully saturated rings. The summed E-state index contributed by atoms with van der Waals surface area (Å²) >= 11 is 0. The fourth-order valence-corrected chi connectivity index (χ4v) is 3.03. The summed E-state index contributed by atoms with van der Waals surface area (Å²) in [5, 5.41) is 0. The van der Waals surface area contributed by atoms with Crippen LogP contribution in [0, 0.1) is 0 Å². The van der Waals surface area contributed by atoms with Crippen molar-refractivity contribution in [3.8, 4) is 11.5 Å². The lowest BCUT2D eigenvalue weighted by atomic mass is 10.1. The first-order chi connectivity index (χ1) is 11.3. The number of nitrogens with zero attached hydrogens (tertiary/aromatic N) is 2. The average Bonchev–Trinajstić information content (AvgIpc) is 2.63. The predicted octanol–water partition coefficient (Wildman–Crippen LogP) is 3.03. The fourth-order valence-electron chi connectivity index (χ4n) is 3.03. The van der Waals surface area contributed by atoms with Gasteiger partial charge in [-0.2, -0.15) is 0 Å². The second kappa shape index (κ2) is 7.38. The molecular formula is C19H24N2O2. The Bertz CT molecular complexity index is 623. The topological polar surface area (TPSA) is 24.9 Å². The van der Waals surface area contributed by atoms with Gasteiger partial charge in [0.15, 0.2) is 0 Å². The molecule has 0 N–H and O–H groups in total. The van der Waals surface area contributed by atoms with E-state index in [9.17, 15) is 0 Å². The van der Waals surface area contributed by atoms with E-state index < -0.39 is 0 Å². The van der Waals surface area contributed by atoms with Gasteiger partial charge in [-0.05, 0) is 18.2 Å². The van der Waals surface area contributed by atoms with Crippen LogP contribution >= 0.6 is 0 Å². The van der Waals surface area contributed by atoms with Crippen LogP contribution in [0.3, 0.4) is 0 Å². The average molecular weight is 312 g/mol. The quantitative estimate of drug-likeness (QED) is 0.847. The predicted molar refractivity (Wildman–Crippen MR) is 93.5 cm³/mol. The fraction of sp³-hybridized carbons (Fsp3) is 0.368. The first-order valence-corrected chi connectivity index (χ1v) is 8.03. The van der Waals surface area contributed by atoms with Gasteiger partial charge in [-0.15, -0.1) is 0 Å². The molecule has 1 aliphatic heterocycles. The highest BCUT2D eigenvalue weighted by atomic mass is 16.5. The van der Waals surface area contributed by atoms with E-state index in [0.29, 0.717) is 0 Å². The lowest BCUT2D eigenvalue weighted by Crippen LogP contribution is -2.45. The van der Waals surface area contributed by atoms with Gasteiger partial charge < -0.3 is 14.4 Å². The smallest absolute Gasteiger partial charge is 0.127 e. The highest BCUT2D eigenvalue weighted by Crippen LogP contribution is 2.26. The summed E-state index contributed by atoms with van der Waals surface area (Å²) in [7, 11) is 3.39. The molecule has 0 spiro atoms. The van der Waals surface area contributed by atoms with Crippen LogP contribution in [-0.2, 0) is 6.54 Å². The minimum Gasteiger partial charge on any atom is -0.497 e. The number of benzene rings is 2. The summed E-state index contributed by atoms with van der Waals surface area (Å²) < 4.78 is 10.8. The molecule has 4 nitrogen and oxygen atoms in total. The molecule has 0 aliphatic carbocycles. The largest absolute Gasteiger partial charge is 0.497 e. The molecular weight excluding hydrogens is 288 g/mol. The van der Waals surface area contributed by atoms with Crippen molar-refractivity contribution >= 4 is 5.69 Å². The Morgan fingerprint density at radius 3 is 2.26 bits per heavy atom. The normalized spacial score (nSPS) is 15.5. The van der Waals surface area contributed by atoms with Crippen LogP contribution in [0.25, 0.3) is 0 Å². The van der Waals surface area contributed by atoms with E-state index in [-0.39, 0.29) is 0 Å². The van der Waals surface area contributed by atoms with Crippen molar-refractivity contribution < 1.29 is 9.47 Å². The van der Waals surface area contributed by atoms with Crippen LogP contribution in [0.5, 0.6) is 11.5 Å². The summed E-state index contributed by atoms with van der Waals surface area (Å²) in [5.74, 6) is 1.73. The van der Waals surface area contributed by atoms with Gasteiger partial charge in [-0.1, -0.05) is 24.3 Å². The van der Waals surface area contributed by atoms with E-state index in [0.717, 1.165) is 44.2 Å². The molecule has 0 saturated carbocycles. The van der Waals surface area contributed by atoms with Crippen LogP contribution in [0.4, 0.5) is 5.69 Å². The van der Waals surface area contributed by atoms with Gasteiger partial charge in [-0.25, -0.2) is 0 Å². The molecule has 3 rings (SSSR count). The molecule has 1 heterocycles. The molecule has 4 heteroatoms. The van der Waals surface area contributed by atoms with E-state index >= 15 is 0 Å². The van der Waals surface area contributed by atoms with Gasteiger partial charge in [0.1, 0.15) is 11.5 Å². The number of hydrogen-bond donors (Lipinski definition) is 0. The van der Waals surface area contributed by atoms with E-state index in [1.165, 1.54) is 11.3 Å². The third kappa shape index (κ3) is 3.77. The summed E-state index contributed by atoms with van der Waals surface area (Å²) in [6.45, 7) is 5.15. The Balaban J connectivity index is 1.61. The highest BCUT2D eigenvalue weighted by Gasteiger charge is 2.18. The van der Waals surface area contributed by atoms with Crippen molar-refractivity contribution in [2.75, 3.05) is 45.3 Å². The molecule has 1 aliphatic rings. The maximum atomic E-state index is 5.50. The zero-order valence-corrected chi connectivity index (χ0v) is 13.9. The van der Waals surface area contributed by atoms with E-state index in [4.69, 9.17) is 9.47 Å². The molecule has 0 amide bonds. The summed E-state index contributed by atoms with van der Waals surface area (Å²) in [6, 6.07) is 16.7. The molecule has 2 aromatic carbocycles. The van der Waals surface area contributed by atoms with Gasteiger partial charge in [0.25, 0.3) is 0 Å². The third-order valence-corrected chi connectivity index (χ3v) is 4.38. The molecule has 0 atom stereocenters. The second-order valence-corrected chi connectivity index (χ2v) is 5.78. The number of methoxy groups -OCH3 is 2. The summed E-state index contributed by atoms with van der Waals surface area (Å²) in [6.07, 6.45) is 0. The van der Waals surface area contributed by atoms with Crippen LogP contribution in [0.2, 0.25) is 0 Å². The van der Waals surface area contributed by atoms with Crippen LogP contribution in [-0.4, -0.2) is 45.3 Å². The lowest BCUT2D eigenvalue weighted by Gasteiger charge is -2.36. The van der Waals surface area contributed by atoms with Crippen molar-refractivity contribution in [2.24, 2.45) is 0 Å². The number of rotatable bonds is 5. The number of para-hydroxylation sites is 1. The van der Waals surface area contributed by atoms with Gasteiger partial charge in [0.05, 0.1) is 14.2 Å². The molecule has 0 bridgehead atoms. The van der Waals surface area contributed by atoms with Crippen molar-refractivity contribution in [3.63, 3.8) is 0 Å².